The summed E-state index contributed by atoms with van der Waals surface area (Å²) in [4.78, 5) is 0. The van der Waals surface area contributed by atoms with Crippen LogP contribution < -0.4 is 9.04 Å². The minimum absolute atomic E-state index is 0.139. The number of hydrogen-bond acceptors (Lipinski definition) is 4. The van der Waals surface area contributed by atoms with Crippen LogP contribution in [0.4, 0.5) is 5.69 Å². The Hall–Kier alpha value is -1.27. The van der Waals surface area contributed by atoms with Gasteiger partial charge in [0.1, 0.15) is 5.75 Å². The van der Waals surface area contributed by atoms with E-state index in [0.717, 1.165) is 12.0 Å². The van der Waals surface area contributed by atoms with E-state index in [1.54, 1.807) is 13.2 Å². The highest BCUT2D eigenvalue weighted by molar-refractivity contribution is 7.92. The van der Waals surface area contributed by atoms with Gasteiger partial charge in [0.15, 0.2) is 6.23 Å². The molecule has 0 amide bonds. The van der Waals surface area contributed by atoms with Gasteiger partial charge in [0.25, 0.3) is 0 Å². The summed E-state index contributed by atoms with van der Waals surface area (Å²) < 4.78 is 36.0. The molecule has 5 nitrogen and oxygen atoms in total. The number of nitrogens with zero attached hydrogens (tertiary/aromatic N) is 1. The molecule has 2 atom stereocenters. The quantitative estimate of drug-likeness (QED) is 0.812. The van der Waals surface area contributed by atoms with Gasteiger partial charge in [0.05, 0.1) is 25.7 Å². The summed E-state index contributed by atoms with van der Waals surface area (Å²) in [7, 11) is -1.77. The lowest BCUT2D eigenvalue weighted by Crippen LogP contribution is -2.37. The number of fused-ring (bicyclic) bond motifs is 3. The Morgan fingerprint density at radius 2 is 2.22 bits per heavy atom. The predicted octanol–water partition coefficient (Wildman–Crippen LogP) is 1.30. The van der Waals surface area contributed by atoms with Crippen LogP contribution in [0.1, 0.15) is 17.9 Å². The Morgan fingerprint density at radius 3 is 2.89 bits per heavy atom. The maximum atomic E-state index is 11.9. The number of hydrogen-bond donors (Lipinski definition) is 0. The van der Waals surface area contributed by atoms with E-state index in [1.807, 2.05) is 12.1 Å². The van der Waals surface area contributed by atoms with Crippen LogP contribution in [0.15, 0.2) is 18.2 Å². The Morgan fingerprint density at radius 1 is 1.44 bits per heavy atom. The van der Waals surface area contributed by atoms with Gasteiger partial charge in [-0.1, -0.05) is 6.07 Å². The van der Waals surface area contributed by atoms with Gasteiger partial charge in [-0.15, -0.1) is 0 Å². The Kier molecular flexibility index (Phi) is 2.53. The minimum Gasteiger partial charge on any atom is -0.497 e. The molecule has 3 rings (SSSR count). The van der Waals surface area contributed by atoms with Crippen molar-refractivity contribution in [2.75, 3.05) is 24.3 Å². The van der Waals surface area contributed by atoms with Crippen molar-refractivity contribution < 1.29 is 17.9 Å². The zero-order valence-electron chi connectivity index (χ0n) is 10.3. The Bertz CT molecular complexity index is 584. The first-order chi connectivity index (χ1) is 8.52. The molecule has 0 unspecified atom stereocenters. The molecule has 0 saturated carbocycles. The molecule has 0 radical (unpaired) electrons. The smallest absolute Gasteiger partial charge is 0.234 e. The first kappa shape index (κ1) is 11.8. The highest BCUT2D eigenvalue weighted by Gasteiger charge is 2.46. The average Bonchev–Trinajstić information content (AvgIpc) is 2.85. The van der Waals surface area contributed by atoms with Gasteiger partial charge in [0, 0.05) is 12.0 Å². The van der Waals surface area contributed by atoms with Crippen molar-refractivity contribution >= 4 is 15.7 Å². The molecule has 0 aliphatic carbocycles. The topological polar surface area (TPSA) is 55.8 Å². The molecule has 1 saturated heterocycles. The van der Waals surface area contributed by atoms with Gasteiger partial charge >= 0.3 is 0 Å². The Balaban J connectivity index is 2.17. The number of benzene rings is 1. The van der Waals surface area contributed by atoms with Crippen molar-refractivity contribution in [1.82, 2.24) is 0 Å². The van der Waals surface area contributed by atoms with Crippen LogP contribution in [0.5, 0.6) is 5.75 Å². The van der Waals surface area contributed by atoms with E-state index in [2.05, 4.69) is 0 Å². The monoisotopic (exact) mass is 269 g/mol. The van der Waals surface area contributed by atoms with E-state index in [1.165, 1.54) is 10.6 Å². The van der Waals surface area contributed by atoms with Crippen molar-refractivity contribution in [3.05, 3.63) is 23.8 Å². The maximum Gasteiger partial charge on any atom is 0.234 e. The molecule has 0 bridgehead atoms. The summed E-state index contributed by atoms with van der Waals surface area (Å²) in [5.41, 5.74) is 1.72. The summed E-state index contributed by atoms with van der Waals surface area (Å²) in [6.07, 6.45) is 1.68. The molecule has 1 aromatic rings. The molecule has 98 valence electrons. The van der Waals surface area contributed by atoms with Gasteiger partial charge < -0.3 is 9.47 Å². The van der Waals surface area contributed by atoms with Crippen LogP contribution in [0.25, 0.3) is 0 Å². The Labute approximate surface area is 106 Å². The van der Waals surface area contributed by atoms with Crippen molar-refractivity contribution in [1.29, 1.82) is 0 Å². The van der Waals surface area contributed by atoms with Crippen LogP contribution in [0, 0.1) is 0 Å². The lowest BCUT2D eigenvalue weighted by Gasteiger charge is -2.23. The van der Waals surface area contributed by atoms with E-state index in [9.17, 15) is 8.42 Å². The van der Waals surface area contributed by atoms with E-state index in [-0.39, 0.29) is 12.1 Å². The lowest BCUT2D eigenvalue weighted by atomic mass is 9.99. The molecule has 18 heavy (non-hydrogen) atoms. The molecular formula is C12H15NO4S. The predicted molar refractivity (Wildman–Crippen MR) is 67.4 cm³/mol. The summed E-state index contributed by atoms with van der Waals surface area (Å²) in [6, 6.07) is 5.56. The molecule has 1 fully saturated rings. The zero-order valence-corrected chi connectivity index (χ0v) is 11.1. The number of methoxy groups -OCH3 is 1. The van der Waals surface area contributed by atoms with E-state index in [4.69, 9.17) is 9.47 Å². The highest BCUT2D eigenvalue weighted by atomic mass is 32.2. The minimum atomic E-state index is -3.34. The fraction of sp³-hybridized carbons (Fsp3) is 0.500. The maximum absolute atomic E-state index is 11.9. The van der Waals surface area contributed by atoms with Crippen molar-refractivity contribution in [3.8, 4) is 5.75 Å². The molecule has 2 aliphatic heterocycles. The largest absolute Gasteiger partial charge is 0.497 e. The lowest BCUT2D eigenvalue weighted by molar-refractivity contribution is 0.118. The van der Waals surface area contributed by atoms with Crippen LogP contribution in [-0.4, -0.2) is 34.6 Å². The van der Waals surface area contributed by atoms with Crippen molar-refractivity contribution in [3.63, 3.8) is 0 Å². The highest BCUT2D eigenvalue weighted by Crippen LogP contribution is 2.48. The molecular weight excluding hydrogens is 254 g/mol. The number of anilines is 1. The van der Waals surface area contributed by atoms with Crippen LogP contribution >= 0.6 is 0 Å². The molecule has 2 heterocycles. The van der Waals surface area contributed by atoms with Crippen molar-refractivity contribution in [2.45, 2.75) is 18.6 Å². The summed E-state index contributed by atoms with van der Waals surface area (Å²) in [6.45, 7) is 0.604. The second-order valence-corrected chi connectivity index (χ2v) is 6.50. The second-order valence-electron chi connectivity index (χ2n) is 4.64. The van der Waals surface area contributed by atoms with Crippen LogP contribution in [0.3, 0.4) is 0 Å². The normalized spacial score (nSPS) is 26.0. The number of sulfonamides is 1. The standard InChI is InChI=1S/C12H15NO4S/c1-16-8-3-4-9-10-5-6-17-12(10)13(11(9)7-8)18(2,14)15/h3-4,7,10,12H,5-6H2,1-2H3/t10-,12-/m0/s1. The SMILES string of the molecule is COc1ccc2c(c1)N(S(C)(=O)=O)[C@H]1OCC[C@@H]21. The first-order valence-electron chi connectivity index (χ1n) is 5.81. The number of ether oxygens (including phenoxy) is 2. The second kappa shape index (κ2) is 3.86. The summed E-state index contributed by atoms with van der Waals surface area (Å²) >= 11 is 0. The molecule has 1 aromatic carbocycles. The van der Waals surface area contributed by atoms with Crippen LogP contribution in [-0.2, 0) is 14.8 Å². The molecule has 2 aliphatic rings. The fourth-order valence-electron chi connectivity index (χ4n) is 2.77. The third kappa shape index (κ3) is 1.59. The third-order valence-electron chi connectivity index (χ3n) is 3.52. The van der Waals surface area contributed by atoms with Gasteiger partial charge in [-0.3, -0.25) is 0 Å². The average molecular weight is 269 g/mol. The molecule has 0 N–H and O–H groups in total. The summed E-state index contributed by atoms with van der Waals surface area (Å²) in [5, 5.41) is 0. The van der Waals surface area contributed by atoms with Gasteiger partial charge in [0.2, 0.25) is 10.0 Å². The van der Waals surface area contributed by atoms with Gasteiger partial charge in [-0.25, -0.2) is 12.7 Å². The zero-order chi connectivity index (χ0) is 12.9. The third-order valence-corrected chi connectivity index (χ3v) is 4.64. The molecule has 6 heteroatoms. The first-order valence-corrected chi connectivity index (χ1v) is 7.66. The van der Waals surface area contributed by atoms with Gasteiger partial charge in [-0.2, -0.15) is 0 Å². The molecule has 0 aromatic heterocycles. The van der Waals surface area contributed by atoms with Crippen molar-refractivity contribution in [2.24, 2.45) is 0 Å². The van der Waals surface area contributed by atoms with E-state index < -0.39 is 10.0 Å². The molecule has 0 spiro atoms. The fourth-order valence-corrected chi connectivity index (χ4v) is 3.87. The van der Waals surface area contributed by atoms with Gasteiger partial charge in [-0.05, 0) is 18.1 Å². The van der Waals surface area contributed by atoms with E-state index >= 15 is 0 Å². The van der Waals surface area contributed by atoms with Crippen LogP contribution in [0.2, 0.25) is 0 Å². The summed E-state index contributed by atoms with van der Waals surface area (Å²) in [5.74, 6) is 0.794. The van der Waals surface area contributed by atoms with E-state index in [0.29, 0.717) is 18.0 Å². The number of rotatable bonds is 2.